The van der Waals surface area contributed by atoms with Gasteiger partial charge in [-0.25, -0.2) is 4.99 Å². The summed E-state index contributed by atoms with van der Waals surface area (Å²) in [5, 5.41) is 0. The Morgan fingerprint density at radius 3 is 2.46 bits per heavy atom. The highest BCUT2D eigenvalue weighted by Gasteiger charge is 2.34. The lowest BCUT2D eigenvalue weighted by Crippen LogP contribution is -2.20. The Morgan fingerprint density at radius 1 is 1.23 bits per heavy atom. The molecule has 13 heavy (non-hydrogen) atoms. The van der Waals surface area contributed by atoms with E-state index in [2.05, 4.69) is 4.99 Å². The summed E-state index contributed by atoms with van der Waals surface area (Å²) in [4.78, 5) is 26.6. The molecular formula is C10H15NO2. The molecule has 1 atom stereocenters. The number of Topliss-reactive ketones (excluding diaryl/α,β-unsaturated/α-hetero) is 1. The van der Waals surface area contributed by atoms with E-state index in [1.807, 2.05) is 13.8 Å². The van der Waals surface area contributed by atoms with Crippen LogP contribution in [0.5, 0.6) is 0 Å². The fourth-order valence-electron chi connectivity index (χ4n) is 1.54. The Labute approximate surface area is 78.2 Å². The third-order valence-electron chi connectivity index (χ3n) is 2.21. The van der Waals surface area contributed by atoms with Crippen molar-refractivity contribution in [3.63, 3.8) is 0 Å². The molecule has 0 N–H and O–H groups in total. The van der Waals surface area contributed by atoms with Crippen LogP contribution >= 0.6 is 0 Å². The molecule has 0 aromatic rings. The largest absolute Gasteiger partial charge is 0.292 e. The van der Waals surface area contributed by atoms with E-state index in [9.17, 15) is 9.59 Å². The highest BCUT2D eigenvalue weighted by Crippen LogP contribution is 2.19. The summed E-state index contributed by atoms with van der Waals surface area (Å²) in [6, 6.07) is 0. The van der Waals surface area contributed by atoms with Crippen LogP contribution in [0, 0.1) is 5.92 Å². The summed E-state index contributed by atoms with van der Waals surface area (Å²) in [7, 11) is 0. The molecule has 3 heteroatoms. The second kappa shape index (κ2) is 4.30. The minimum absolute atomic E-state index is 0.0336. The zero-order valence-corrected chi connectivity index (χ0v) is 8.17. The number of ketones is 1. The molecule has 1 amide bonds. The molecule has 0 spiro atoms. The normalized spacial score (nSPS) is 22.3. The van der Waals surface area contributed by atoms with Gasteiger partial charge in [-0.3, -0.25) is 9.59 Å². The lowest BCUT2D eigenvalue weighted by Gasteiger charge is -2.02. The number of carbonyl (C=O) groups excluding carboxylic acids is 2. The van der Waals surface area contributed by atoms with E-state index < -0.39 is 5.92 Å². The van der Waals surface area contributed by atoms with E-state index in [1.54, 1.807) is 0 Å². The van der Waals surface area contributed by atoms with Crippen molar-refractivity contribution in [3.8, 4) is 0 Å². The smallest absolute Gasteiger partial charge is 0.257 e. The standard InChI is InChI=1S/C10H15NO2/c1-3-5-7-9(12)8(6-4-2)11-10(7)13/h7H,3-6H2,1-2H3. The van der Waals surface area contributed by atoms with Gasteiger partial charge >= 0.3 is 0 Å². The van der Waals surface area contributed by atoms with Crippen LogP contribution in [0.3, 0.4) is 0 Å². The first-order chi connectivity index (χ1) is 6.20. The van der Waals surface area contributed by atoms with Crippen LogP contribution in [0.2, 0.25) is 0 Å². The van der Waals surface area contributed by atoms with Crippen molar-refractivity contribution in [2.24, 2.45) is 10.9 Å². The van der Waals surface area contributed by atoms with E-state index in [4.69, 9.17) is 0 Å². The molecule has 3 nitrogen and oxygen atoms in total. The van der Waals surface area contributed by atoms with Crippen LogP contribution in [-0.2, 0) is 9.59 Å². The average Bonchev–Trinajstić information content (AvgIpc) is 2.34. The molecule has 1 aliphatic heterocycles. The van der Waals surface area contributed by atoms with Gasteiger partial charge in [0.15, 0.2) is 5.78 Å². The van der Waals surface area contributed by atoms with E-state index in [0.717, 1.165) is 12.8 Å². The Balaban J connectivity index is 2.68. The number of carbonyl (C=O) groups is 2. The minimum Gasteiger partial charge on any atom is -0.292 e. The van der Waals surface area contributed by atoms with E-state index >= 15 is 0 Å². The maximum Gasteiger partial charge on any atom is 0.257 e. The SMILES string of the molecule is CCCC1=NC(=O)C(CCC)C1=O. The lowest BCUT2D eigenvalue weighted by atomic mass is 9.97. The maximum absolute atomic E-state index is 11.5. The van der Waals surface area contributed by atoms with Gasteiger partial charge in [-0.05, 0) is 12.8 Å². The van der Waals surface area contributed by atoms with Gasteiger partial charge in [0.25, 0.3) is 5.91 Å². The van der Waals surface area contributed by atoms with Crippen molar-refractivity contribution < 1.29 is 9.59 Å². The number of aliphatic imine (C=N–C) groups is 1. The van der Waals surface area contributed by atoms with Crippen LogP contribution in [-0.4, -0.2) is 17.4 Å². The van der Waals surface area contributed by atoms with Crippen LogP contribution in [0.25, 0.3) is 0 Å². The summed E-state index contributed by atoms with van der Waals surface area (Å²) >= 11 is 0. The van der Waals surface area contributed by atoms with Crippen LogP contribution in [0.4, 0.5) is 0 Å². The van der Waals surface area contributed by atoms with E-state index in [1.165, 1.54) is 0 Å². The van der Waals surface area contributed by atoms with Gasteiger partial charge in [-0.2, -0.15) is 0 Å². The molecule has 1 heterocycles. The van der Waals surface area contributed by atoms with Gasteiger partial charge < -0.3 is 0 Å². The maximum atomic E-state index is 11.5. The lowest BCUT2D eigenvalue weighted by molar-refractivity contribution is -0.127. The molecule has 1 rings (SSSR count). The molecule has 0 fully saturated rings. The molecule has 0 aromatic heterocycles. The predicted molar refractivity (Wildman–Crippen MR) is 50.8 cm³/mol. The van der Waals surface area contributed by atoms with Gasteiger partial charge in [0.2, 0.25) is 0 Å². The quantitative estimate of drug-likeness (QED) is 0.620. The van der Waals surface area contributed by atoms with Gasteiger partial charge in [-0.1, -0.05) is 26.7 Å². The molecule has 0 radical (unpaired) electrons. The van der Waals surface area contributed by atoms with Crippen molar-refractivity contribution in [1.29, 1.82) is 0 Å². The van der Waals surface area contributed by atoms with Crippen molar-refractivity contribution in [2.45, 2.75) is 39.5 Å². The third-order valence-corrected chi connectivity index (χ3v) is 2.21. The van der Waals surface area contributed by atoms with Crippen LogP contribution in [0.15, 0.2) is 4.99 Å². The van der Waals surface area contributed by atoms with Crippen molar-refractivity contribution >= 4 is 17.4 Å². The molecule has 72 valence electrons. The minimum atomic E-state index is -0.452. The van der Waals surface area contributed by atoms with Gasteiger partial charge in [0.1, 0.15) is 5.92 Å². The molecule has 1 unspecified atom stereocenters. The zero-order chi connectivity index (χ0) is 9.84. The Bertz CT molecular complexity index is 256. The Kier molecular flexibility index (Phi) is 3.34. The Morgan fingerprint density at radius 2 is 1.92 bits per heavy atom. The number of rotatable bonds is 4. The number of nitrogens with zero attached hydrogens (tertiary/aromatic N) is 1. The summed E-state index contributed by atoms with van der Waals surface area (Å²) < 4.78 is 0. The first kappa shape index (κ1) is 10.1. The average molecular weight is 181 g/mol. The summed E-state index contributed by atoms with van der Waals surface area (Å²) in [5.41, 5.74) is 0.492. The molecule has 1 aliphatic rings. The molecule has 0 saturated carbocycles. The monoisotopic (exact) mass is 181 g/mol. The highest BCUT2D eigenvalue weighted by atomic mass is 16.2. The second-order valence-corrected chi connectivity index (χ2v) is 3.35. The van der Waals surface area contributed by atoms with Gasteiger partial charge in [0, 0.05) is 0 Å². The number of hydrogen-bond donors (Lipinski definition) is 0. The summed E-state index contributed by atoms with van der Waals surface area (Å²) in [6.45, 7) is 3.95. The summed E-state index contributed by atoms with van der Waals surface area (Å²) in [6.07, 6.45) is 3.02. The van der Waals surface area contributed by atoms with Crippen LogP contribution < -0.4 is 0 Å². The Hall–Kier alpha value is -0.990. The number of hydrogen-bond acceptors (Lipinski definition) is 2. The van der Waals surface area contributed by atoms with Gasteiger partial charge in [-0.15, -0.1) is 0 Å². The molecule has 0 aromatic carbocycles. The summed E-state index contributed by atoms with van der Waals surface area (Å²) in [5.74, 6) is -0.712. The van der Waals surface area contributed by atoms with Crippen molar-refractivity contribution in [3.05, 3.63) is 0 Å². The van der Waals surface area contributed by atoms with E-state index in [-0.39, 0.29) is 11.7 Å². The predicted octanol–water partition coefficient (Wildman–Crippen LogP) is 1.75. The topological polar surface area (TPSA) is 46.5 Å². The molecular weight excluding hydrogens is 166 g/mol. The third kappa shape index (κ3) is 2.02. The van der Waals surface area contributed by atoms with Crippen molar-refractivity contribution in [1.82, 2.24) is 0 Å². The van der Waals surface area contributed by atoms with Gasteiger partial charge in [0.05, 0.1) is 5.71 Å². The van der Waals surface area contributed by atoms with E-state index in [0.29, 0.717) is 18.6 Å². The molecule has 0 aliphatic carbocycles. The first-order valence-electron chi connectivity index (χ1n) is 4.86. The zero-order valence-electron chi connectivity index (χ0n) is 8.17. The number of amides is 1. The van der Waals surface area contributed by atoms with Crippen LogP contribution in [0.1, 0.15) is 39.5 Å². The molecule has 0 saturated heterocycles. The second-order valence-electron chi connectivity index (χ2n) is 3.35. The highest BCUT2D eigenvalue weighted by molar-refractivity contribution is 6.49. The fraction of sp³-hybridized carbons (Fsp3) is 0.700. The first-order valence-corrected chi connectivity index (χ1v) is 4.86. The fourth-order valence-corrected chi connectivity index (χ4v) is 1.54. The molecule has 0 bridgehead atoms. The van der Waals surface area contributed by atoms with Crippen molar-refractivity contribution in [2.75, 3.05) is 0 Å².